The first-order valence-electron chi connectivity index (χ1n) is 11.6. The summed E-state index contributed by atoms with van der Waals surface area (Å²) in [6.07, 6.45) is 2.46. The van der Waals surface area contributed by atoms with Gasteiger partial charge in [0.1, 0.15) is 5.75 Å². The van der Waals surface area contributed by atoms with Gasteiger partial charge in [0.25, 0.3) is 5.91 Å². The Morgan fingerprint density at radius 3 is 2.56 bits per heavy atom. The fourth-order valence-corrected chi connectivity index (χ4v) is 3.94. The molecule has 6 nitrogen and oxygen atoms in total. The minimum Gasteiger partial charge on any atom is -0.494 e. The van der Waals surface area contributed by atoms with Crippen molar-refractivity contribution in [3.05, 3.63) is 59.7 Å². The number of likely N-dealkylation sites (tertiary alicyclic amines) is 1. The van der Waals surface area contributed by atoms with Crippen molar-refractivity contribution in [3.63, 3.8) is 0 Å². The quantitative estimate of drug-likeness (QED) is 0.607. The predicted molar refractivity (Wildman–Crippen MR) is 128 cm³/mol. The fraction of sp³-hybridized carbons (Fsp3) is 0.462. The van der Waals surface area contributed by atoms with E-state index in [4.69, 9.17) is 4.74 Å². The molecule has 1 unspecified atom stereocenters. The van der Waals surface area contributed by atoms with Gasteiger partial charge in [0, 0.05) is 18.5 Å². The van der Waals surface area contributed by atoms with Crippen molar-refractivity contribution in [3.8, 4) is 5.75 Å². The molecule has 6 heteroatoms. The number of nitrogens with one attached hydrogen (secondary N) is 2. The highest BCUT2D eigenvalue weighted by molar-refractivity contribution is 6.04. The van der Waals surface area contributed by atoms with Crippen LogP contribution in [0.1, 0.15) is 56.0 Å². The lowest BCUT2D eigenvalue weighted by Gasteiger charge is -2.31. The standard InChI is InChI=1S/C26H35N3O3/c1-4-19(3)27-26(31)23-11-6-7-12-24(23)28-25(30)21-13-15-29(16-14-21)18-20-9-8-10-22(17-20)32-5-2/h6-12,17,19,21H,4-5,13-16,18H2,1-3H3,(H,27,31)(H,28,30). The van der Waals surface area contributed by atoms with E-state index in [9.17, 15) is 9.59 Å². The number of nitrogens with zero attached hydrogens (tertiary/aromatic N) is 1. The molecule has 1 heterocycles. The van der Waals surface area contributed by atoms with Crippen LogP contribution in [0.3, 0.4) is 0 Å². The molecule has 1 fully saturated rings. The summed E-state index contributed by atoms with van der Waals surface area (Å²) in [4.78, 5) is 27.9. The summed E-state index contributed by atoms with van der Waals surface area (Å²) in [5, 5.41) is 5.98. The Morgan fingerprint density at radius 2 is 1.84 bits per heavy atom. The molecule has 1 saturated heterocycles. The third-order valence-electron chi connectivity index (χ3n) is 5.99. The van der Waals surface area contributed by atoms with Crippen molar-refractivity contribution in [1.82, 2.24) is 10.2 Å². The number of para-hydroxylation sites is 1. The van der Waals surface area contributed by atoms with Crippen LogP contribution < -0.4 is 15.4 Å². The Balaban J connectivity index is 1.54. The molecule has 2 aromatic rings. The highest BCUT2D eigenvalue weighted by atomic mass is 16.5. The van der Waals surface area contributed by atoms with Gasteiger partial charge >= 0.3 is 0 Å². The molecule has 0 aliphatic carbocycles. The zero-order valence-corrected chi connectivity index (χ0v) is 19.4. The number of carbonyl (C=O) groups excluding carboxylic acids is 2. The number of hydrogen-bond donors (Lipinski definition) is 2. The number of rotatable bonds is 9. The summed E-state index contributed by atoms with van der Waals surface area (Å²) in [5.41, 5.74) is 2.31. The summed E-state index contributed by atoms with van der Waals surface area (Å²) in [7, 11) is 0. The van der Waals surface area contributed by atoms with Crippen LogP contribution in [0.25, 0.3) is 0 Å². The maximum absolute atomic E-state index is 12.9. The lowest BCUT2D eigenvalue weighted by molar-refractivity contribution is -0.121. The Bertz CT molecular complexity index is 907. The monoisotopic (exact) mass is 437 g/mol. The van der Waals surface area contributed by atoms with Gasteiger partial charge in [-0.15, -0.1) is 0 Å². The minimum atomic E-state index is -0.153. The molecule has 2 N–H and O–H groups in total. The number of piperidine rings is 1. The first-order valence-corrected chi connectivity index (χ1v) is 11.6. The van der Waals surface area contributed by atoms with Crippen LogP contribution in [0.5, 0.6) is 5.75 Å². The van der Waals surface area contributed by atoms with E-state index in [1.165, 1.54) is 5.56 Å². The maximum atomic E-state index is 12.9. The number of hydrogen-bond acceptors (Lipinski definition) is 4. The molecule has 0 aromatic heterocycles. The normalized spacial score (nSPS) is 15.7. The SMILES string of the molecule is CCOc1cccc(CN2CCC(C(=O)Nc3ccccc3C(=O)NC(C)CC)CC2)c1. The molecule has 0 spiro atoms. The maximum Gasteiger partial charge on any atom is 0.253 e. The lowest BCUT2D eigenvalue weighted by Crippen LogP contribution is -2.38. The van der Waals surface area contributed by atoms with Crippen LogP contribution >= 0.6 is 0 Å². The summed E-state index contributed by atoms with van der Waals surface area (Å²) in [6.45, 7) is 9.24. The van der Waals surface area contributed by atoms with Gasteiger partial charge < -0.3 is 15.4 Å². The first-order chi connectivity index (χ1) is 15.5. The number of carbonyl (C=O) groups is 2. The van der Waals surface area contributed by atoms with Crippen molar-refractivity contribution in [2.24, 2.45) is 5.92 Å². The second-order valence-corrected chi connectivity index (χ2v) is 8.45. The van der Waals surface area contributed by atoms with Gasteiger partial charge in [-0.2, -0.15) is 0 Å². The van der Waals surface area contributed by atoms with E-state index in [1.54, 1.807) is 12.1 Å². The van der Waals surface area contributed by atoms with Gasteiger partial charge in [-0.3, -0.25) is 14.5 Å². The van der Waals surface area contributed by atoms with E-state index in [2.05, 4.69) is 27.7 Å². The second-order valence-electron chi connectivity index (χ2n) is 8.45. The molecule has 172 valence electrons. The lowest BCUT2D eigenvalue weighted by atomic mass is 9.95. The van der Waals surface area contributed by atoms with E-state index in [-0.39, 0.29) is 23.8 Å². The van der Waals surface area contributed by atoms with Gasteiger partial charge in [0.15, 0.2) is 0 Å². The van der Waals surface area contributed by atoms with E-state index < -0.39 is 0 Å². The number of ether oxygens (including phenoxy) is 1. The van der Waals surface area contributed by atoms with Gasteiger partial charge in [-0.05, 0) is 76.0 Å². The average molecular weight is 438 g/mol. The molecule has 1 aliphatic heterocycles. The highest BCUT2D eigenvalue weighted by Gasteiger charge is 2.26. The second kappa shape index (κ2) is 11.7. The largest absolute Gasteiger partial charge is 0.494 e. The fourth-order valence-electron chi connectivity index (χ4n) is 3.94. The van der Waals surface area contributed by atoms with Crippen LogP contribution in [0.2, 0.25) is 0 Å². The van der Waals surface area contributed by atoms with Crippen molar-refractivity contribution in [1.29, 1.82) is 0 Å². The van der Waals surface area contributed by atoms with E-state index in [1.807, 2.05) is 45.0 Å². The van der Waals surface area contributed by atoms with Gasteiger partial charge in [-0.1, -0.05) is 31.2 Å². The number of amides is 2. The van der Waals surface area contributed by atoms with Crippen LogP contribution in [-0.2, 0) is 11.3 Å². The third-order valence-corrected chi connectivity index (χ3v) is 5.99. The molecule has 32 heavy (non-hydrogen) atoms. The number of anilines is 1. The molecule has 0 radical (unpaired) electrons. The molecule has 3 rings (SSSR count). The summed E-state index contributed by atoms with van der Waals surface area (Å²) < 4.78 is 5.59. The zero-order chi connectivity index (χ0) is 22.9. The van der Waals surface area contributed by atoms with E-state index in [0.717, 1.165) is 44.6 Å². The summed E-state index contributed by atoms with van der Waals surface area (Å²) >= 11 is 0. The topological polar surface area (TPSA) is 70.7 Å². The zero-order valence-electron chi connectivity index (χ0n) is 19.4. The molecular weight excluding hydrogens is 402 g/mol. The number of benzene rings is 2. The average Bonchev–Trinajstić information content (AvgIpc) is 2.80. The Morgan fingerprint density at radius 1 is 1.09 bits per heavy atom. The smallest absolute Gasteiger partial charge is 0.253 e. The van der Waals surface area contributed by atoms with Crippen molar-refractivity contribution in [2.75, 3.05) is 25.0 Å². The van der Waals surface area contributed by atoms with Crippen molar-refractivity contribution < 1.29 is 14.3 Å². The summed E-state index contributed by atoms with van der Waals surface area (Å²) in [5.74, 6) is 0.688. The Kier molecular flexibility index (Phi) is 8.68. The Hall–Kier alpha value is -2.86. The van der Waals surface area contributed by atoms with Crippen LogP contribution in [0.4, 0.5) is 5.69 Å². The molecule has 2 aromatic carbocycles. The Labute approximate surface area is 191 Å². The molecule has 2 amide bonds. The van der Waals surface area contributed by atoms with Gasteiger partial charge in [0.05, 0.1) is 17.9 Å². The predicted octanol–water partition coefficient (Wildman–Crippen LogP) is 4.46. The molecular formula is C26H35N3O3. The van der Waals surface area contributed by atoms with E-state index >= 15 is 0 Å². The van der Waals surface area contributed by atoms with E-state index in [0.29, 0.717) is 17.9 Å². The van der Waals surface area contributed by atoms with Crippen LogP contribution in [0, 0.1) is 5.92 Å². The molecule has 1 atom stereocenters. The minimum absolute atomic E-state index is 0.00761. The third kappa shape index (κ3) is 6.57. The first kappa shape index (κ1) is 23.8. The van der Waals surface area contributed by atoms with Crippen molar-refractivity contribution in [2.45, 2.75) is 52.6 Å². The van der Waals surface area contributed by atoms with Crippen LogP contribution in [0.15, 0.2) is 48.5 Å². The van der Waals surface area contributed by atoms with Crippen molar-refractivity contribution >= 4 is 17.5 Å². The summed E-state index contributed by atoms with van der Waals surface area (Å²) in [6, 6.07) is 15.5. The molecule has 1 aliphatic rings. The van der Waals surface area contributed by atoms with Crippen LogP contribution in [-0.4, -0.2) is 42.5 Å². The van der Waals surface area contributed by atoms with Gasteiger partial charge in [-0.25, -0.2) is 0 Å². The highest BCUT2D eigenvalue weighted by Crippen LogP contribution is 2.23. The molecule has 0 saturated carbocycles. The van der Waals surface area contributed by atoms with Gasteiger partial charge in [0.2, 0.25) is 5.91 Å². The molecule has 0 bridgehead atoms.